The molecule has 2 N–H and O–H groups in total. The molecular formula is C24H26F4N4O. The lowest BCUT2D eigenvalue weighted by Crippen LogP contribution is -2.31. The first-order chi connectivity index (χ1) is 15.7. The highest BCUT2D eigenvalue weighted by molar-refractivity contribution is 5.90. The summed E-state index contributed by atoms with van der Waals surface area (Å²) in [4.78, 5) is 13.4. The predicted octanol–water partition coefficient (Wildman–Crippen LogP) is 6.24. The van der Waals surface area contributed by atoms with Crippen molar-refractivity contribution in [3.63, 3.8) is 0 Å². The summed E-state index contributed by atoms with van der Waals surface area (Å²) < 4.78 is 55.6. The van der Waals surface area contributed by atoms with Crippen LogP contribution < -0.4 is 5.32 Å². The van der Waals surface area contributed by atoms with Gasteiger partial charge in [0.15, 0.2) is 0 Å². The van der Waals surface area contributed by atoms with Gasteiger partial charge in [-0.25, -0.2) is 27.5 Å². The van der Waals surface area contributed by atoms with Gasteiger partial charge in [-0.1, -0.05) is 18.2 Å². The molecule has 0 saturated heterocycles. The van der Waals surface area contributed by atoms with E-state index in [1.807, 2.05) is 0 Å². The number of aliphatic imine (C=N–C) groups is 1. The molecule has 0 amide bonds. The summed E-state index contributed by atoms with van der Waals surface area (Å²) in [7, 11) is 0. The summed E-state index contributed by atoms with van der Waals surface area (Å²) in [6.07, 6.45) is 2.58. The molecule has 2 aromatic rings. The monoisotopic (exact) mass is 462 g/mol. The minimum atomic E-state index is -2.91. The number of fused-ring (bicyclic) bond motifs is 4. The number of anilines is 1. The molecule has 5 nitrogen and oxygen atoms in total. The van der Waals surface area contributed by atoms with Crippen molar-refractivity contribution in [2.45, 2.75) is 70.1 Å². The second-order valence-electron chi connectivity index (χ2n) is 8.69. The van der Waals surface area contributed by atoms with Crippen LogP contribution in [-0.2, 0) is 6.54 Å². The minimum absolute atomic E-state index is 0.00380. The van der Waals surface area contributed by atoms with E-state index >= 15 is 0 Å². The van der Waals surface area contributed by atoms with E-state index < -0.39 is 23.5 Å². The van der Waals surface area contributed by atoms with Crippen molar-refractivity contribution in [1.29, 1.82) is 0 Å². The van der Waals surface area contributed by atoms with Crippen LogP contribution >= 0.6 is 0 Å². The van der Waals surface area contributed by atoms with Gasteiger partial charge in [0.1, 0.15) is 23.1 Å². The molecule has 1 fully saturated rings. The van der Waals surface area contributed by atoms with Gasteiger partial charge in [-0.05, 0) is 39.0 Å². The Bertz CT molecular complexity index is 1080. The fourth-order valence-corrected chi connectivity index (χ4v) is 4.34. The van der Waals surface area contributed by atoms with Crippen LogP contribution in [0.2, 0.25) is 0 Å². The van der Waals surface area contributed by atoms with Crippen molar-refractivity contribution in [1.82, 2.24) is 9.97 Å². The molecule has 176 valence electrons. The molecule has 5 rings (SSSR count). The zero-order valence-electron chi connectivity index (χ0n) is 18.3. The second-order valence-corrected chi connectivity index (χ2v) is 8.69. The number of halogens is 4. The zero-order valence-corrected chi connectivity index (χ0v) is 18.3. The molecule has 2 bridgehead atoms. The highest BCUT2D eigenvalue weighted by Crippen LogP contribution is 2.38. The second kappa shape index (κ2) is 9.49. The minimum Gasteiger partial charge on any atom is -0.512 e. The Balaban J connectivity index is 1.69. The average molecular weight is 462 g/mol. The first-order valence-electron chi connectivity index (χ1n) is 11.0. The van der Waals surface area contributed by atoms with E-state index in [-0.39, 0.29) is 36.8 Å². The molecule has 0 radical (unpaired) electrons. The average Bonchev–Trinajstić information content (AvgIpc) is 2.76. The van der Waals surface area contributed by atoms with E-state index in [9.17, 15) is 22.7 Å². The Morgan fingerprint density at radius 1 is 1.18 bits per heavy atom. The SMILES string of the molecule is Cc1nc2c(c(NCc3cccc(C(F)F)c3F)n1)C=NC1CCC(F)(CCC(O)=C2)CC1. The molecule has 0 unspecified atom stereocenters. The summed E-state index contributed by atoms with van der Waals surface area (Å²) in [6, 6.07) is 3.84. The summed E-state index contributed by atoms with van der Waals surface area (Å²) >= 11 is 0. The summed E-state index contributed by atoms with van der Waals surface area (Å²) in [6.45, 7) is 1.59. The third-order valence-electron chi connectivity index (χ3n) is 6.28. The number of hydrogen-bond donors (Lipinski definition) is 2. The lowest BCUT2D eigenvalue weighted by atomic mass is 9.80. The molecule has 1 saturated carbocycles. The van der Waals surface area contributed by atoms with E-state index in [1.165, 1.54) is 18.2 Å². The van der Waals surface area contributed by atoms with Gasteiger partial charge in [0.05, 0.1) is 28.6 Å². The van der Waals surface area contributed by atoms with E-state index in [0.29, 0.717) is 48.6 Å². The largest absolute Gasteiger partial charge is 0.512 e. The van der Waals surface area contributed by atoms with Crippen molar-refractivity contribution in [2.24, 2.45) is 4.99 Å². The van der Waals surface area contributed by atoms with E-state index in [4.69, 9.17) is 0 Å². The molecule has 3 heterocycles. The summed E-state index contributed by atoms with van der Waals surface area (Å²) in [5.41, 5.74) is -0.972. The van der Waals surface area contributed by atoms with Crippen molar-refractivity contribution in [3.05, 3.63) is 58.0 Å². The first kappa shape index (κ1) is 23.2. The Morgan fingerprint density at radius 2 is 1.94 bits per heavy atom. The van der Waals surface area contributed by atoms with Crippen LogP contribution in [0.3, 0.4) is 0 Å². The van der Waals surface area contributed by atoms with E-state index in [0.717, 1.165) is 6.07 Å². The molecule has 1 aliphatic carbocycles. The number of hydrogen-bond acceptors (Lipinski definition) is 5. The highest BCUT2D eigenvalue weighted by atomic mass is 19.3. The fraction of sp³-hybridized carbons (Fsp3) is 0.458. The van der Waals surface area contributed by atoms with Crippen LogP contribution in [0, 0.1) is 12.7 Å². The van der Waals surface area contributed by atoms with Gasteiger partial charge < -0.3 is 10.4 Å². The Morgan fingerprint density at radius 3 is 2.67 bits per heavy atom. The number of benzene rings is 1. The van der Waals surface area contributed by atoms with Gasteiger partial charge >= 0.3 is 0 Å². The van der Waals surface area contributed by atoms with Crippen molar-refractivity contribution >= 4 is 18.1 Å². The number of nitrogens with zero attached hydrogens (tertiary/aromatic N) is 3. The van der Waals surface area contributed by atoms with Gasteiger partial charge in [0, 0.05) is 30.8 Å². The maximum atomic E-state index is 15.0. The molecule has 0 atom stereocenters. The Hall–Kier alpha value is -2.97. The quantitative estimate of drug-likeness (QED) is 0.528. The standard InChI is InChI=1S/C24H26F4N4O/c1-14-31-20-11-17(33)7-10-24(28)8-5-16(6-9-24)29-13-19(20)23(32-14)30-12-15-3-2-4-18(21(15)25)22(26)27/h2-4,11,13,16,22,33H,5-10,12H2,1H3,(H,30,31,32). The number of nitrogens with one attached hydrogen (secondary N) is 1. The van der Waals surface area contributed by atoms with E-state index in [2.05, 4.69) is 20.3 Å². The predicted molar refractivity (Wildman–Crippen MR) is 119 cm³/mol. The number of rotatable bonds is 4. The van der Waals surface area contributed by atoms with Gasteiger partial charge in [-0.3, -0.25) is 4.99 Å². The molecule has 33 heavy (non-hydrogen) atoms. The van der Waals surface area contributed by atoms with Crippen LogP contribution in [0.4, 0.5) is 23.4 Å². The number of alkyl halides is 3. The maximum Gasteiger partial charge on any atom is 0.266 e. The third-order valence-corrected chi connectivity index (χ3v) is 6.28. The number of allylic oxidation sites excluding steroid dienone is 1. The van der Waals surface area contributed by atoms with Crippen molar-refractivity contribution < 1.29 is 22.7 Å². The van der Waals surface area contributed by atoms with Gasteiger partial charge in [0.25, 0.3) is 6.43 Å². The lowest BCUT2D eigenvalue weighted by Gasteiger charge is -2.32. The molecule has 1 aromatic heterocycles. The third kappa shape index (κ3) is 5.34. The fourth-order valence-electron chi connectivity index (χ4n) is 4.34. The summed E-state index contributed by atoms with van der Waals surface area (Å²) in [5, 5.41) is 13.5. The number of aromatic nitrogens is 2. The van der Waals surface area contributed by atoms with Crippen LogP contribution in [0.5, 0.6) is 0 Å². The summed E-state index contributed by atoms with van der Waals surface area (Å²) in [5.74, 6) is -0.215. The Kier molecular flexibility index (Phi) is 6.67. The van der Waals surface area contributed by atoms with Crippen molar-refractivity contribution in [3.8, 4) is 0 Å². The topological polar surface area (TPSA) is 70.4 Å². The Labute approximate surface area is 189 Å². The molecule has 9 heteroatoms. The smallest absolute Gasteiger partial charge is 0.266 e. The molecule has 0 spiro atoms. The van der Waals surface area contributed by atoms with E-state index in [1.54, 1.807) is 13.1 Å². The molecule has 1 aromatic carbocycles. The van der Waals surface area contributed by atoms with Gasteiger partial charge in [-0.2, -0.15) is 0 Å². The molecule has 3 aliphatic rings. The number of aliphatic hydroxyl groups is 1. The lowest BCUT2D eigenvalue weighted by molar-refractivity contribution is 0.0864. The highest BCUT2D eigenvalue weighted by Gasteiger charge is 2.35. The first-order valence-corrected chi connectivity index (χ1v) is 11.0. The number of aryl methyl sites for hydroxylation is 1. The normalized spacial score (nSPS) is 23.0. The number of aliphatic hydroxyl groups excluding tert-OH is 1. The van der Waals surface area contributed by atoms with Crippen LogP contribution in [0.1, 0.15) is 73.2 Å². The van der Waals surface area contributed by atoms with Gasteiger partial charge in [-0.15, -0.1) is 0 Å². The van der Waals surface area contributed by atoms with Crippen LogP contribution in [0.25, 0.3) is 6.08 Å². The van der Waals surface area contributed by atoms with Crippen LogP contribution in [-0.4, -0.2) is 33.0 Å². The molecular weight excluding hydrogens is 436 g/mol. The maximum absolute atomic E-state index is 15.0. The van der Waals surface area contributed by atoms with Crippen molar-refractivity contribution in [2.75, 3.05) is 5.32 Å². The van der Waals surface area contributed by atoms with Crippen LogP contribution in [0.15, 0.2) is 29.0 Å². The zero-order chi connectivity index (χ0) is 23.6. The molecule has 2 aliphatic heterocycles. The van der Waals surface area contributed by atoms with Gasteiger partial charge in [0.2, 0.25) is 0 Å².